The van der Waals surface area contributed by atoms with E-state index in [-0.39, 0.29) is 30.4 Å². The van der Waals surface area contributed by atoms with E-state index >= 15 is 0 Å². The van der Waals surface area contributed by atoms with Crippen molar-refractivity contribution in [2.75, 3.05) is 25.1 Å². The summed E-state index contributed by atoms with van der Waals surface area (Å²) >= 11 is 1.27. The highest BCUT2D eigenvalue weighted by Crippen LogP contribution is 2.35. The second kappa shape index (κ2) is 9.11. The van der Waals surface area contributed by atoms with Crippen LogP contribution in [0.2, 0.25) is 0 Å². The van der Waals surface area contributed by atoms with Crippen molar-refractivity contribution >= 4 is 28.0 Å². The molecule has 7 nitrogen and oxygen atoms in total. The molecule has 0 radical (unpaired) electrons. The number of nitrogens with zero attached hydrogens (tertiary/aromatic N) is 2. The van der Waals surface area contributed by atoms with Crippen molar-refractivity contribution in [2.45, 2.75) is 19.3 Å². The predicted molar refractivity (Wildman–Crippen MR) is 109 cm³/mol. The zero-order valence-electron chi connectivity index (χ0n) is 15.8. The number of hydrogen-bond acceptors (Lipinski definition) is 8. The average Bonchev–Trinajstić information content (AvgIpc) is 3.43. The number of Topliss-reactive ketones (excluding diaryl/α,β-unsaturated/α-hetero) is 2. The summed E-state index contributed by atoms with van der Waals surface area (Å²) in [6.45, 7) is 1.31. The lowest BCUT2D eigenvalue weighted by Gasteiger charge is -2.20. The number of pyridine rings is 1. The minimum absolute atomic E-state index is 0.00393. The Balaban J connectivity index is 1.49. The van der Waals surface area contributed by atoms with Crippen molar-refractivity contribution in [2.24, 2.45) is 5.92 Å². The van der Waals surface area contributed by atoms with Gasteiger partial charge in [0.15, 0.2) is 22.5 Å². The Hall–Kier alpha value is -2.84. The number of ketones is 2. The van der Waals surface area contributed by atoms with Crippen LogP contribution in [0.3, 0.4) is 0 Å². The summed E-state index contributed by atoms with van der Waals surface area (Å²) in [6, 6.07) is 9.04. The maximum atomic E-state index is 13.1. The lowest BCUT2D eigenvalue weighted by atomic mass is 9.94. The van der Waals surface area contributed by atoms with Gasteiger partial charge in [-0.1, -0.05) is 17.4 Å². The van der Waals surface area contributed by atoms with Crippen molar-refractivity contribution in [1.29, 1.82) is 0 Å². The van der Waals surface area contributed by atoms with Gasteiger partial charge in [0.25, 0.3) is 0 Å². The number of carbonyl (C=O) groups is 2. The number of furan rings is 1. The fraction of sp³-hybridized carbons (Fsp3) is 0.333. The van der Waals surface area contributed by atoms with Crippen LogP contribution in [-0.2, 0) is 16.0 Å². The molecule has 1 aliphatic rings. The van der Waals surface area contributed by atoms with Crippen LogP contribution >= 0.6 is 11.3 Å². The number of carbonyl (C=O) groups excluding carboxylic acids is 2. The highest BCUT2D eigenvalue weighted by atomic mass is 32.1. The van der Waals surface area contributed by atoms with Crippen molar-refractivity contribution in [3.8, 4) is 11.5 Å². The van der Waals surface area contributed by atoms with Gasteiger partial charge in [0.2, 0.25) is 0 Å². The van der Waals surface area contributed by atoms with Crippen molar-refractivity contribution < 1.29 is 18.7 Å². The molecule has 0 saturated carbocycles. The van der Waals surface area contributed by atoms with Gasteiger partial charge in [-0.05, 0) is 37.1 Å². The number of anilines is 1. The van der Waals surface area contributed by atoms with Crippen LogP contribution in [0.4, 0.5) is 5.13 Å². The third-order valence-electron chi connectivity index (χ3n) is 4.74. The van der Waals surface area contributed by atoms with E-state index in [0.29, 0.717) is 47.5 Å². The molecule has 0 bridgehead atoms. The first-order valence-corrected chi connectivity index (χ1v) is 10.3. The van der Waals surface area contributed by atoms with E-state index in [1.54, 1.807) is 24.6 Å². The third kappa shape index (κ3) is 4.78. The highest BCUT2D eigenvalue weighted by Gasteiger charge is 2.29. The Morgan fingerprint density at radius 2 is 2.03 bits per heavy atom. The van der Waals surface area contributed by atoms with E-state index in [1.165, 1.54) is 11.3 Å². The zero-order valence-corrected chi connectivity index (χ0v) is 16.6. The molecular formula is C21H21N3O4S. The van der Waals surface area contributed by atoms with Crippen LogP contribution in [0, 0.1) is 5.92 Å². The van der Waals surface area contributed by atoms with E-state index in [0.717, 1.165) is 5.69 Å². The van der Waals surface area contributed by atoms with Crippen LogP contribution in [0.5, 0.6) is 0 Å². The molecule has 0 amide bonds. The molecular weight excluding hydrogens is 390 g/mol. The molecule has 3 aromatic heterocycles. The van der Waals surface area contributed by atoms with Gasteiger partial charge in [-0.15, -0.1) is 0 Å². The monoisotopic (exact) mass is 411 g/mol. The van der Waals surface area contributed by atoms with E-state index in [2.05, 4.69) is 15.3 Å². The number of thiazole rings is 1. The molecule has 8 heteroatoms. The largest absolute Gasteiger partial charge is 0.463 e. The molecule has 0 spiro atoms. The number of nitrogens with one attached hydrogen (secondary N) is 1. The van der Waals surface area contributed by atoms with Crippen LogP contribution in [0.25, 0.3) is 11.5 Å². The van der Waals surface area contributed by atoms with Crippen molar-refractivity contribution in [1.82, 2.24) is 9.97 Å². The van der Waals surface area contributed by atoms with Gasteiger partial charge in [0, 0.05) is 31.0 Å². The molecule has 3 aromatic rings. The Morgan fingerprint density at radius 3 is 2.76 bits per heavy atom. The molecule has 4 rings (SSSR count). The molecule has 0 unspecified atom stereocenters. The van der Waals surface area contributed by atoms with Gasteiger partial charge in [-0.3, -0.25) is 14.6 Å². The first-order chi connectivity index (χ1) is 14.2. The molecule has 1 fully saturated rings. The number of ether oxygens (including phenoxy) is 1. The minimum Gasteiger partial charge on any atom is -0.463 e. The molecule has 1 N–H and O–H groups in total. The summed E-state index contributed by atoms with van der Waals surface area (Å²) in [4.78, 5) is 34.6. The fourth-order valence-electron chi connectivity index (χ4n) is 3.23. The van der Waals surface area contributed by atoms with Crippen molar-refractivity contribution in [3.63, 3.8) is 0 Å². The van der Waals surface area contributed by atoms with E-state index < -0.39 is 0 Å². The Morgan fingerprint density at radius 1 is 1.17 bits per heavy atom. The summed E-state index contributed by atoms with van der Waals surface area (Å²) < 4.78 is 10.8. The van der Waals surface area contributed by atoms with Gasteiger partial charge >= 0.3 is 0 Å². The summed E-state index contributed by atoms with van der Waals surface area (Å²) in [5, 5.41) is 3.59. The third-order valence-corrected chi connectivity index (χ3v) is 5.77. The maximum absolute atomic E-state index is 13.1. The molecule has 0 atom stereocenters. The van der Waals surface area contributed by atoms with Crippen LogP contribution < -0.4 is 5.32 Å². The number of hydrogen-bond donors (Lipinski definition) is 1. The van der Waals surface area contributed by atoms with Gasteiger partial charge in [0.05, 0.1) is 19.2 Å². The van der Waals surface area contributed by atoms with Gasteiger partial charge in [0.1, 0.15) is 10.6 Å². The quantitative estimate of drug-likeness (QED) is 0.566. The second-order valence-corrected chi connectivity index (χ2v) is 7.81. The number of aromatic nitrogens is 2. The van der Waals surface area contributed by atoms with E-state index in [9.17, 15) is 9.59 Å². The van der Waals surface area contributed by atoms with Crippen LogP contribution in [0.15, 0.2) is 47.2 Å². The lowest BCUT2D eigenvalue weighted by Crippen LogP contribution is -2.23. The van der Waals surface area contributed by atoms with Crippen LogP contribution in [-0.4, -0.2) is 41.3 Å². The lowest BCUT2D eigenvalue weighted by molar-refractivity contribution is -0.116. The minimum atomic E-state index is -0.0726. The molecule has 29 heavy (non-hydrogen) atoms. The first-order valence-electron chi connectivity index (χ1n) is 9.53. The average molecular weight is 411 g/mol. The van der Waals surface area contributed by atoms with Gasteiger partial charge in [-0.25, -0.2) is 4.98 Å². The fourth-order valence-corrected chi connectivity index (χ4v) is 4.21. The topological polar surface area (TPSA) is 94.3 Å². The Bertz CT molecular complexity index is 963. The predicted octanol–water partition coefficient (Wildman–Crippen LogP) is 3.63. The first kappa shape index (κ1) is 19.5. The standard InChI is InChI=1S/C21H21N3O4S/c25-16(12-15-4-1-2-8-22-15)13-23-21-24-18(17-5-3-9-28-17)20(29-21)19(26)14-6-10-27-11-7-14/h1-5,8-9,14H,6-7,10-13H2,(H,23,24). The maximum Gasteiger partial charge on any atom is 0.184 e. The van der Waals surface area contributed by atoms with Crippen LogP contribution in [0.1, 0.15) is 28.2 Å². The summed E-state index contributed by atoms with van der Waals surface area (Å²) in [5.74, 6) is 0.530. The van der Waals surface area contributed by atoms with Gasteiger partial charge in [-0.2, -0.15) is 0 Å². The molecule has 1 saturated heterocycles. The smallest absolute Gasteiger partial charge is 0.184 e. The normalized spacial score (nSPS) is 14.6. The van der Waals surface area contributed by atoms with Crippen molar-refractivity contribution in [3.05, 3.63) is 53.4 Å². The molecule has 4 heterocycles. The summed E-state index contributed by atoms with van der Waals surface area (Å²) in [7, 11) is 0. The molecule has 0 aromatic carbocycles. The summed E-state index contributed by atoms with van der Waals surface area (Å²) in [6.07, 6.45) is 4.89. The Labute approximate surface area is 172 Å². The molecule has 150 valence electrons. The highest BCUT2D eigenvalue weighted by molar-refractivity contribution is 7.18. The van der Waals surface area contributed by atoms with E-state index in [4.69, 9.17) is 9.15 Å². The number of rotatable bonds is 8. The second-order valence-electron chi connectivity index (χ2n) is 6.82. The zero-order chi connectivity index (χ0) is 20.1. The van der Waals surface area contributed by atoms with Gasteiger partial charge < -0.3 is 14.5 Å². The van der Waals surface area contributed by atoms with E-state index in [1.807, 2.05) is 18.2 Å². The molecule has 1 aliphatic heterocycles. The Kier molecular flexibility index (Phi) is 6.12. The SMILES string of the molecule is O=C(CNc1nc(-c2ccco2)c(C(=O)C2CCOCC2)s1)Cc1ccccn1. The molecule has 0 aliphatic carbocycles. The summed E-state index contributed by atoms with van der Waals surface area (Å²) in [5.41, 5.74) is 1.25.